The summed E-state index contributed by atoms with van der Waals surface area (Å²) in [6.45, 7) is -1.10. The normalized spacial score (nSPS) is 28.8. The first kappa shape index (κ1) is 19.4. The van der Waals surface area contributed by atoms with E-state index in [0.29, 0.717) is 4.57 Å². The number of halogens is 2. The fraction of sp³-hybridized carbons (Fsp3) is 0.333. The van der Waals surface area contributed by atoms with Crippen molar-refractivity contribution in [2.75, 3.05) is 6.61 Å². The Labute approximate surface area is 151 Å². The van der Waals surface area contributed by atoms with E-state index in [1.54, 1.807) is 18.2 Å². The third kappa shape index (κ3) is 4.16. The minimum Gasteiger partial charge on any atom is -0.426 e. The lowest BCUT2D eigenvalue weighted by Crippen LogP contribution is -2.41. The zero-order chi connectivity index (χ0) is 19.6. The molecule has 0 spiro atoms. The molecule has 1 aromatic heterocycles. The smallest absolute Gasteiger partial charge is 0.368 e. The molecule has 1 saturated heterocycles. The van der Waals surface area contributed by atoms with Crippen molar-refractivity contribution in [2.45, 2.75) is 24.4 Å². The van der Waals surface area contributed by atoms with Crippen molar-refractivity contribution in [3.8, 4) is 5.75 Å². The van der Waals surface area contributed by atoms with Gasteiger partial charge in [0.15, 0.2) is 18.5 Å². The van der Waals surface area contributed by atoms with E-state index in [2.05, 4.69) is 0 Å². The third-order valence-corrected chi connectivity index (χ3v) is 4.57. The molecule has 0 bridgehead atoms. The van der Waals surface area contributed by atoms with Gasteiger partial charge in [-0.15, -0.1) is 0 Å². The number of ether oxygens (including phenoxy) is 1. The van der Waals surface area contributed by atoms with Gasteiger partial charge in [-0.2, -0.15) is 0 Å². The maximum absolute atomic E-state index is 14.8. The van der Waals surface area contributed by atoms with E-state index >= 15 is 0 Å². The van der Waals surface area contributed by atoms with E-state index in [0.717, 1.165) is 12.3 Å². The van der Waals surface area contributed by atoms with E-state index in [1.165, 1.54) is 12.1 Å². The van der Waals surface area contributed by atoms with Crippen molar-refractivity contribution in [3.63, 3.8) is 0 Å². The summed E-state index contributed by atoms with van der Waals surface area (Å²) in [6.07, 6.45) is -5.62. The molecule has 1 aliphatic heterocycles. The van der Waals surface area contributed by atoms with Crippen LogP contribution in [0.5, 0.6) is 5.75 Å². The van der Waals surface area contributed by atoms with Crippen LogP contribution in [0.25, 0.3) is 0 Å². The summed E-state index contributed by atoms with van der Waals surface area (Å²) < 4.78 is 56.0. The summed E-state index contributed by atoms with van der Waals surface area (Å²) in [6, 6.07) is 8.83. The van der Waals surface area contributed by atoms with Gasteiger partial charge in [-0.1, -0.05) is 18.2 Å². The molecular weight excluding hydrogens is 389 g/mol. The Morgan fingerprint density at radius 2 is 2.00 bits per heavy atom. The largest absolute Gasteiger partial charge is 0.426 e. The molecule has 2 aromatic rings. The molecule has 1 aliphatic rings. The van der Waals surface area contributed by atoms with Crippen LogP contribution >= 0.6 is 8.25 Å². The van der Waals surface area contributed by atoms with Gasteiger partial charge >= 0.3 is 13.9 Å². The average molecular weight is 404 g/mol. The number of nitrogens with zero attached hydrogens (tertiary/aromatic N) is 1. The monoisotopic (exact) mass is 404 g/mol. The number of nitrogens with one attached hydrogen (secondary N) is 1. The standard InChI is InChI=1S/C15H15F2N2O7P/c16-11-12(21)15(17,8-24-27(23)26-9-4-2-1-3-5-9)25-13(11)19-7-6-10(20)18-14(19)22/h1-7,11-13,21,27H,8H2,(H,18,20,22)/t11-,12+,13-,15-/m1/s1. The van der Waals surface area contributed by atoms with Crippen LogP contribution in [0, 0.1) is 0 Å². The van der Waals surface area contributed by atoms with Crippen LogP contribution in [0.15, 0.2) is 52.2 Å². The van der Waals surface area contributed by atoms with Crippen molar-refractivity contribution >= 4 is 8.25 Å². The summed E-state index contributed by atoms with van der Waals surface area (Å²) >= 11 is 0. The number of hydrogen-bond acceptors (Lipinski definition) is 7. The fourth-order valence-electron chi connectivity index (χ4n) is 2.46. The number of aromatic nitrogens is 2. The highest BCUT2D eigenvalue weighted by Crippen LogP contribution is 2.41. The number of hydrogen-bond donors (Lipinski definition) is 2. The van der Waals surface area contributed by atoms with Gasteiger partial charge < -0.3 is 14.4 Å². The first-order valence-corrected chi connectivity index (χ1v) is 8.92. The van der Waals surface area contributed by atoms with Gasteiger partial charge in [0.1, 0.15) is 12.4 Å². The second-order valence-electron chi connectivity index (χ2n) is 5.66. The van der Waals surface area contributed by atoms with Gasteiger partial charge in [0, 0.05) is 12.3 Å². The minimum absolute atomic E-state index is 0.211. The zero-order valence-electron chi connectivity index (χ0n) is 13.6. The van der Waals surface area contributed by atoms with E-state index in [-0.39, 0.29) is 5.75 Å². The SMILES string of the molecule is O=c1ccn([C@@H]2O[C@](F)(CO[PH](=O)Oc3ccccc3)[C@@H](O)[C@H]2F)c(=O)[nH]1. The van der Waals surface area contributed by atoms with Crippen molar-refractivity contribution in [3.05, 3.63) is 63.4 Å². The molecule has 9 nitrogen and oxygen atoms in total. The van der Waals surface area contributed by atoms with Crippen LogP contribution in [0.1, 0.15) is 6.23 Å². The number of benzene rings is 1. The maximum Gasteiger partial charge on any atom is 0.368 e. The lowest BCUT2D eigenvalue weighted by molar-refractivity contribution is -0.203. The van der Waals surface area contributed by atoms with Crippen molar-refractivity contribution in [1.82, 2.24) is 9.55 Å². The summed E-state index contributed by atoms with van der Waals surface area (Å²) in [5, 5.41) is 9.82. The predicted molar refractivity (Wildman–Crippen MR) is 88.2 cm³/mol. The molecule has 1 unspecified atom stereocenters. The number of alkyl halides is 2. The highest BCUT2D eigenvalue weighted by molar-refractivity contribution is 7.33. The number of rotatable bonds is 6. The van der Waals surface area contributed by atoms with Crippen LogP contribution in [-0.4, -0.2) is 39.4 Å². The average Bonchev–Trinajstić information content (AvgIpc) is 2.86. The third-order valence-electron chi connectivity index (χ3n) is 3.79. The Kier molecular flexibility index (Phi) is 5.56. The molecule has 2 N–H and O–H groups in total. The minimum atomic E-state index is -3.22. The molecule has 3 rings (SSSR count). The fourth-order valence-corrected chi connectivity index (χ4v) is 3.16. The van der Waals surface area contributed by atoms with E-state index in [9.17, 15) is 28.0 Å². The van der Waals surface area contributed by atoms with Gasteiger partial charge in [0.25, 0.3) is 11.4 Å². The lowest BCUT2D eigenvalue weighted by atomic mass is 10.1. The Morgan fingerprint density at radius 3 is 2.67 bits per heavy atom. The Bertz CT molecular complexity index is 938. The summed E-state index contributed by atoms with van der Waals surface area (Å²) in [4.78, 5) is 24.6. The number of aromatic amines is 1. The Morgan fingerprint density at radius 1 is 1.30 bits per heavy atom. The second-order valence-corrected chi connectivity index (χ2v) is 6.65. The van der Waals surface area contributed by atoms with Crippen molar-refractivity contribution < 1.29 is 32.2 Å². The molecule has 27 heavy (non-hydrogen) atoms. The van der Waals surface area contributed by atoms with Crippen LogP contribution < -0.4 is 15.8 Å². The molecule has 1 fully saturated rings. The number of para-hydroxylation sites is 1. The number of H-pyrrole nitrogens is 1. The van der Waals surface area contributed by atoms with Gasteiger partial charge in [0.2, 0.25) is 0 Å². The molecular formula is C15H15F2N2O7P. The van der Waals surface area contributed by atoms with Gasteiger partial charge in [0.05, 0.1) is 0 Å². The van der Waals surface area contributed by atoms with Crippen molar-refractivity contribution in [2.24, 2.45) is 0 Å². The Balaban J connectivity index is 1.69. The molecule has 0 amide bonds. The highest BCUT2D eigenvalue weighted by Gasteiger charge is 2.57. The maximum atomic E-state index is 14.8. The van der Waals surface area contributed by atoms with Crippen LogP contribution in [0.4, 0.5) is 8.78 Å². The molecule has 12 heteroatoms. The second kappa shape index (κ2) is 7.73. The molecule has 146 valence electrons. The molecule has 2 heterocycles. The highest BCUT2D eigenvalue weighted by atomic mass is 31.1. The molecule has 1 aromatic carbocycles. The molecule has 5 atom stereocenters. The van der Waals surface area contributed by atoms with Crippen molar-refractivity contribution in [1.29, 1.82) is 0 Å². The van der Waals surface area contributed by atoms with E-state index in [4.69, 9.17) is 13.8 Å². The van der Waals surface area contributed by atoms with Crippen LogP contribution in [-0.2, 0) is 13.8 Å². The molecule has 0 saturated carbocycles. The van der Waals surface area contributed by atoms with E-state index < -0.39 is 50.5 Å². The lowest BCUT2D eigenvalue weighted by Gasteiger charge is -2.22. The molecule has 0 aliphatic carbocycles. The van der Waals surface area contributed by atoms with E-state index in [1.807, 2.05) is 4.98 Å². The topological polar surface area (TPSA) is 120 Å². The summed E-state index contributed by atoms with van der Waals surface area (Å²) in [7, 11) is -3.22. The number of aliphatic hydroxyl groups excluding tert-OH is 1. The predicted octanol–water partition coefficient (Wildman–Crippen LogP) is 0.915. The molecule has 0 radical (unpaired) electrons. The van der Waals surface area contributed by atoms with Gasteiger partial charge in [-0.05, 0) is 12.1 Å². The Hall–Kier alpha value is -2.33. The summed E-state index contributed by atoms with van der Waals surface area (Å²) in [5.74, 6) is -2.87. The first-order valence-electron chi connectivity index (χ1n) is 7.70. The first-order chi connectivity index (χ1) is 12.8. The number of aliphatic hydroxyl groups is 1. The van der Waals surface area contributed by atoms with Gasteiger partial charge in [-0.25, -0.2) is 18.1 Å². The van der Waals surface area contributed by atoms with Crippen LogP contribution in [0.3, 0.4) is 0 Å². The van der Waals surface area contributed by atoms with Gasteiger partial charge in [-0.3, -0.25) is 18.9 Å². The van der Waals surface area contributed by atoms with Crippen LogP contribution in [0.2, 0.25) is 0 Å². The quantitative estimate of drug-likeness (QED) is 0.687. The zero-order valence-corrected chi connectivity index (χ0v) is 14.6. The summed E-state index contributed by atoms with van der Waals surface area (Å²) in [5.41, 5.74) is -1.79.